The van der Waals surface area contributed by atoms with E-state index in [1.54, 1.807) is 0 Å². The van der Waals surface area contributed by atoms with Crippen LogP contribution < -0.4 is 5.32 Å². The molecule has 1 aromatic carbocycles. The smallest absolute Gasteiger partial charge is 0.314 e. The molecule has 2 rings (SSSR count). The Morgan fingerprint density at radius 2 is 1.64 bits per heavy atom. The molecular weight excluding hydrogens is 336 g/mol. The van der Waals surface area contributed by atoms with Gasteiger partial charge in [0.2, 0.25) is 0 Å². The summed E-state index contributed by atoms with van der Waals surface area (Å²) in [5, 5.41) is 3.24. The van der Waals surface area contributed by atoms with Crippen molar-refractivity contribution >= 4 is 24.8 Å². The Balaban J connectivity index is 0.00000220. The molecule has 0 aromatic heterocycles. The third-order valence-electron chi connectivity index (χ3n) is 3.76. The molecule has 0 unspecified atom stereocenters. The molecule has 0 amide bonds. The molecule has 1 heterocycles. The molecule has 128 valence electrons. The lowest BCUT2D eigenvalue weighted by molar-refractivity contribution is -0.138. The van der Waals surface area contributed by atoms with Gasteiger partial charge in [0.15, 0.2) is 0 Å². The number of nitrogens with one attached hydrogen (secondary N) is 1. The van der Waals surface area contributed by atoms with Gasteiger partial charge in [0.1, 0.15) is 0 Å². The predicted molar refractivity (Wildman–Crippen MR) is 88.1 cm³/mol. The summed E-state index contributed by atoms with van der Waals surface area (Å²) in [5.74, 6) is 0. The third kappa shape index (κ3) is 6.73. The van der Waals surface area contributed by atoms with E-state index in [-0.39, 0.29) is 37.3 Å². The molecular formula is C15H23Cl2F3N2. The van der Waals surface area contributed by atoms with Crippen LogP contribution in [0.2, 0.25) is 0 Å². The fraction of sp³-hybridized carbons (Fsp3) is 0.600. The van der Waals surface area contributed by atoms with Crippen LogP contribution in [0.25, 0.3) is 0 Å². The minimum Gasteiger partial charge on any atom is -0.314 e. The molecule has 1 fully saturated rings. The maximum Gasteiger partial charge on any atom is 0.389 e. The summed E-state index contributed by atoms with van der Waals surface area (Å²) >= 11 is 0. The second-order valence-electron chi connectivity index (χ2n) is 5.37. The molecule has 0 spiro atoms. The first-order valence-corrected chi connectivity index (χ1v) is 7.04. The van der Waals surface area contributed by atoms with Crippen LogP contribution in [0.5, 0.6) is 0 Å². The predicted octanol–water partition coefficient (Wildman–Crippen LogP) is 4.13. The number of alkyl halides is 3. The van der Waals surface area contributed by atoms with Gasteiger partial charge in [0.25, 0.3) is 0 Å². The van der Waals surface area contributed by atoms with Crippen molar-refractivity contribution in [1.29, 1.82) is 0 Å². The fourth-order valence-electron chi connectivity index (χ4n) is 2.64. The average molecular weight is 359 g/mol. The summed E-state index contributed by atoms with van der Waals surface area (Å²) in [6.07, 6.45) is -4.68. The van der Waals surface area contributed by atoms with Crippen LogP contribution in [0.4, 0.5) is 13.2 Å². The lowest BCUT2D eigenvalue weighted by Gasteiger charge is -2.35. The Kier molecular flexibility index (Phi) is 9.39. The molecule has 0 saturated carbocycles. The van der Waals surface area contributed by atoms with Crippen LogP contribution in [0.1, 0.15) is 30.0 Å². The number of hydrogen-bond acceptors (Lipinski definition) is 2. The van der Waals surface area contributed by atoms with Gasteiger partial charge in [-0.15, -0.1) is 24.8 Å². The molecule has 1 aliphatic heterocycles. The summed E-state index contributed by atoms with van der Waals surface area (Å²) in [5.41, 5.74) is 2.12. The van der Waals surface area contributed by atoms with Crippen molar-refractivity contribution in [3.8, 4) is 0 Å². The van der Waals surface area contributed by atoms with Gasteiger partial charge in [-0.1, -0.05) is 29.8 Å². The van der Waals surface area contributed by atoms with Gasteiger partial charge in [0.05, 0.1) is 0 Å². The number of benzene rings is 1. The Hall–Kier alpha value is -0.490. The third-order valence-corrected chi connectivity index (χ3v) is 3.76. The monoisotopic (exact) mass is 358 g/mol. The van der Waals surface area contributed by atoms with Gasteiger partial charge in [0, 0.05) is 38.6 Å². The lowest BCUT2D eigenvalue weighted by atomic mass is 9.98. The second kappa shape index (κ2) is 9.60. The number of hydrogen-bond donors (Lipinski definition) is 1. The quantitative estimate of drug-likeness (QED) is 0.870. The van der Waals surface area contributed by atoms with E-state index in [0.29, 0.717) is 0 Å². The summed E-state index contributed by atoms with van der Waals surface area (Å²) in [6, 6.07) is 7.71. The van der Waals surface area contributed by atoms with Crippen molar-refractivity contribution in [2.24, 2.45) is 0 Å². The number of nitrogens with zero attached hydrogens (tertiary/aromatic N) is 1. The van der Waals surface area contributed by atoms with Crippen LogP contribution in [-0.2, 0) is 0 Å². The first kappa shape index (κ1) is 21.5. The molecule has 0 bridgehead atoms. The minimum atomic E-state index is -4.09. The van der Waals surface area contributed by atoms with Crippen LogP contribution in [0.3, 0.4) is 0 Å². The highest BCUT2D eigenvalue weighted by atomic mass is 35.5. The molecule has 1 aromatic rings. The summed E-state index contributed by atoms with van der Waals surface area (Å²) in [4.78, 5) is 2.16. The first-order valence-electron chi connectivity index (χ1n) is 7.04. The SMILES string of the molecule is Cc1ccc([C@@H](CCC(F)(F)F)N2CCNCC2)cc1.Cl.Cl. The zero-order chi connectivity index (χ0) is 14.6. The summed E-state index contributed by atoms with van der Waals surface area (Å²) in [7, 11) is 0. The fourth-order valence-corrected chi connectivity index (χ4v) is 2.64. The molecule has 7 heteroatoms. The highest BCUT2D eigenvalue weighted by Crippen LogP contribution is 2.31. The van der Waals surface area contributed by atoms with Gasteiger partial charge in [-0.2, -0.15) is 13.2 Å². The molecule has 1 atom stereocenters. The maximum atomic E-state index is 12.5. The Bertz CT molecular complexity index is 418. The largest absolute Gasteiger partial charge is 0.389 e. The summed E-state index contributed by atoms with van der Waals surface area (Å²) < 4.78 is 37.6. The molecule has 0 radical (unpaired) electrons. The van der Waals surface area contributed by atoms with Crippen LogP contribution in [-0.4, -0.2) is 37.3 Å². The van der Waals surface area contributed by atoms with E-state index in [9.17, 15) is 13.2 Å². The van der Waals surface area contributed by atoms with Crippen molar-refractivity contribution in [1.82, 2.24) is 10.2 Å². The van der Waals surface area contributed by atoms with E-state index in [2.05, 4.69) is 10.2 Å². The van der Waals surface area contributed by atoms with E-state index >= 15 is 0 Å². The van der Waals surface area contributed by atoms with Gasteiger partial charge in [-0.3, -0.25) is 4.90 Å². The molecule has 22 heavy (non-hydrogen) atoms. The molecule has 1 aliphatic rings. The van der Waals surface area contributed by atoms with Crippen molar-refractivity contribution < 1.29 is 13.2 Å². The van der Waals surface area contributed by atoms with Crippen molar-refractivity contribution in [3.63, 3.8) is 0 Å². The van der Waals surface area contributed by atoms with Gasteiger partial charge in [-0.25, -0.2) is 0 Å². The highest BCUT2D eigenvalue weighted by Gasteiger charge is 2.31. The number of rotatable bonds is 4. The molecule has 1 N–H and O–H groups in total. The average Bonchev–Trinajstić information content (AvgIpc) is 2.41. The maximum absolute atomic E-state index is 12.5. The van der Waals surface area contributed by atoms with Gasteiger partial charge < -0.3 is 5.32 Å². The highest BCUT2D eigenvalue weighted by molar-refractivity contribution is 5.85. The van der Waals surface area contributed by atoms with E-state index in [1.807, 2.05) is 31.2 Å². The van der Waals surface area contributed by atoms with Crippen molar-refractivity contribution in [3.05, 3.63) is 35.4 Å². The summed E-state index contributed by atoms with van der Waals surface area (Å²) in [6.45, 7) is 5.27. The number of piperazine rings is 1. The van der Waals surface area contributed by atoms with Gasteiger partial charge in [-0.05, 0) is 18.9 Å². The second-order valence-corrected chi connectivity index (χ2v) is 5.37. The molecule has 1 saturated heterocycles. The Labute approximate surface area is 142 Å². The van der Waals surface area contributed by atoms with E-state index in [4.69, 9.17) is 0 Å². The van der Waals surface area contributed by atoms with Crippen LogP contribution >= 0.6 is 24.8 Å². The number of aryl methyl sites for hydroxylation is 1. The zero-order valence-corrected chi connectivity index (χ0v) is 14.2. The van der Waals surface area contributed by atoms with Crippen molar-refractivity contribution in [2.75, 3.05) is 26.2 Å². The van der Waals surface area contributed by atoms with Crippen molar-refractivity contribution in [2.45, 2.75) is 32.0 Å². The molecule has 0 aliphatic carbocycles. The Morgan fingerprint density at radius 3 is 2.14 bits per heavy atom. The normalized spacial score (nSPS) is 17.3. The van der Waals surface area contributed by atoms with Crippen LogP contribution in [0.15, 0.2) is 24.3 Å². The van der Waals surface area contributed by atoms with E-state index in [1.165, 1.54) is 0 Å². The first-order chi connectivity index (χ1) is 9.46. The zero-order valence-electron chi connectivity index (χ0n) is 12.5. The lowest BCUT2D eigenvalue weighted by Crippen LogP contribution is -2.45. The van der Waals surface area contributed by atoms with E-state index in [0.717, 1.165) is 37.3 Å². The topological polar surface area (TPSA) is 15.3 Å². The van der Waals surface area contributed by atoms with Gasteiger partial charge >= 0.3 is 6.18 Å². The number of halogens is 5. The minimum absolute atomic E-state index is 0. The van der Waals surface area contributed by atoms with Crippen LogP contribution in [0, 0.1) is 6.92 Å². The Morgan fingerprint density at radius 1 is 1.09 bits per heavy atom. The molecule has 2 nitrogen and oxygen atoms in total. The standard InChI is InChI=1S/C15H21F3N2.2ClH/c1-12-2-4-13(5-3-12)14(6-7-15(16,17)18)20-10-8-19-9-11-20;;/h2-5,14,19H,6-11H2,1H3;2*1H/t14-;;/m1../s1. The van der Waals surface area contributed by atoms with E-state index < -0.39 is 12.6 Å².